The van der Waals surface area contributed by atoms with Gasteiger partial charge in [-0.15, -0.1) is 0 Å². The van der Waals surface area contributed by atoms with E-state index in [0.717, 1.165) is 40.3 Å². The smallest absolute Gasteiger partial charge is 0.228 e. The second-order valence-corrected chi connectivity index (χ2v) is 6.58. The van der Waals surface area contributed by atoms with Gasteiger partial charge in [0.05, 0.1) is 7.11 Å². The topological polar surface area (TPSA) is 73.1 Å². The van der Waals surface area contributed by atoms with Crippen molar-refractivity contribution in [2.24, 2.45) is 0 Å². The molecule has 6 nitrogen and oxygen atoms in total. The number of hydrogen-bond acceptors (Lipinski definition) is 6. The van der Waals surface area contributed by atoms with Crippen LogP contribution in [0, 0.1) is 6.92 Å². The number of fused-ring (bicyclic) bond motifs is 1. The maximum absolute atomic E-state index is 5.64. The van der Waals surface area contributed by atoms with Crippen LogP contribution in [-0.2, 0) is 13.0 Å². The van der Waals surface area contributed by atoms with Gasteiger partial charge >= 0.3 is 0 Å². The summed E-state index contributed by atoms with van der Waals surface area (Å²) in [6.07, 6.45) is 0.720. The first-order valence-electron chi connectivity index (χ1n) is 9.28. The molecule has 0 spiro atoms. The van der Waals surface area contributed by atoms with Gasteiger partial charge in [0.15, 0.2) is 5.82 Å². The second-order valence-electron chi connectivity index (χ2n) is 6.58. The van der Waals surface area contributed by atoms with E-state index >= 15 is 0 Å². The Bertz CT molecular complexity index is 1100. The molecule has 4 aromatic rings. The highest BCUT2D eigenvalue weighted by atomic mass is 16.5. The van der Waals surface area contributed by atoms with Crippen molar-refractivity contribution in [3.05, 3.63) is 65.5 Å². The summed E-state index contributed by atoms with van der Waals surface area (Å²) in [5.74, 6) is 2.21. The molecule has 0 aliphatic heterocycles. The van der Waals surface area contributed by atoms with Crippen LogP contribution in [0.25, 0.3) is 22.4 Å². The van der Waals surface area contributed by atoms with Crippen molar-refractivity contribution in [2.45, 2.75) is 26.8 Å². The molecule has 0 aliphatic rings. The van der Waals surface area contributed by atoms with Crippen molar-refractivity contribution in [1.82, 2.24) is 15.1 Å². The largest absolute Gasteiger partial charge is 0.496 e. The lowest BCUT2D eigenvalue weighted by Crippen LogP contribution is -2.06. The molecule has 142 valence electrons. The third kappa shape index (κ3) is 3.41. The molecule has 2 heterocycles. The van der Waals surface area contributed by atoms with Gasteiger partial charge in [-0.05, 0) is 13.0 Å². The van der Waals surface area contributed by atoms with Crippen LogP contribution in [-0.4, -0.2) is 22.2 Å². The fraction of sp³-hybridized carbons (Fsp3) is 0.227. The number of rotatable bonds is 6. The van der Waals surface area contributed by atoms with Crippen LogP contribution in [0.5, 0.6) is 5.75 Å². The maximum atomic E-state index is 5.64. The van der Waals surface area contributed by atoms with Crippen LogP contribution in [0.4, 0.5) is 5.82 Å². The summed E-state index contributed by atoms with van der Waals surface area (Å²) in [7, 11) is 1.67. The van der Waals surface area contributed by atoms with E-state index in [1.807, 2.05) is 43.3 Å². The Morgan fingerprint density at radius 3 is 2.57 bits per heavy atom. The zero-order valence-electron chi connectivity index (χ0n) is 16.2. The molecule has 28 heavy (non-hydrogen) atoms. The van der Waals surface area contributed by atoms with Crippen LogP contribution in [0.3, 0.4) is 0 Å². The minimum absolute atomic E-state index is 0.555. The Labute approximate surface area is 163 Å². The summed E-state index contributed by atoms with van der Waals surface area (Å²) >= 11 is 0. The summed E-state index contributed by atoms with van der Waals surface area (Å²) in [6.45, 7) is 4.64. The zero-order chi connectivity index (χ0) is 19.5. The number of nitrogens with zero attached hydrogens (tertiary/aromatic N) is 3. The number of nitrogens with one attached hydrogen (secondary N) is 1. The summed E-state index contributed by atoms with van der Waals surface area (Å²) in [4.78, 5) is 9.28. The minimum Gasteiger partial charge on any atom is -0.496 e. The summed E-state index contributed by atoms with van der Waals surface area (Å²) < 4.78 is 11.1. The number of para-hydroxylation sites is 1. The van der Waals surface area contributed by atoms with E-state index in [9.17, 15) is 0 Å². The van der Waals surface area contributed by atoms with Crippen LogP contribution in [0.1, 0.15) is 23.9 Å². The van der Waals surface area contributed by atoms with E-state index in [4.69, 9.17) is 9.26 Å². The lowest BCUT2D eigenvalue weighted by Gasteiger charge is -2.10. The molecule has 1 N–H and O–H groups in total. The van der Waals surface area contributed by atoms with Crippen LogP contribution in [0.15, 0.2) is 53.1 Å². The van der Waals surface area contributed by atoms with Gasteiger partial charge in [0.1, 0.15) is 22.8 Å². The van der Waals surface area contributed by atoms with Crippen molar-refractivity contribution in [3.8, 4) is 17.0 Å². The van der Waals surface area contributed by atoms with Gasteiger partial charge in [-0.25, -0.2) is 9.97 Å². The zero-order valence-corrected chi connectivity index (χ0v) is 16.2. The minimum atomic E-state index is 0.555. The van der Waals surface area contributed by atoms with E-state index < -0.39 is 0 Å². The van der Waals surface area contributed by atoms with Gasteiger partial charge in [-0.2, -0.15) is 0 Å². The lowest BCUT2D eigenvalue weighted by molar-refractivity contribution is 0.410. The maximum Gasteiger partial charge on any atom is 0.228 e. The van der Waals surface area contributed by atoms with Gasteiger partial charge in [0, 0.05) is 24.1 Å². The lowest BCUT2D eigenvalue weighted by atomic mass is 10.1. The molecule has 0 aliphatic carbocycles. The Morgan fingerprint density at radius 2 is 1.82 bits per heavy atom. The van der Waals surface area contributed by atoms with E-state index in [2.05, 4.69) is 39.5 Å². The first-order chi connectivity index (χ1) is 13.7. The van der Waals surface area contributed by atoms with Crippen LogP contribution < -0.4 is 10.1 Å². The Balaban J connectivity index is 1.73. The normalized spacial score (nSPS) is 11.0. The molecule has 0 saturated carbocycles. The van der Waals surface area contributed by atoms with Gasteiger partial charge in [-0.3, -0.25) is 0 Å². The molecule has 0 fully saturated rings. The van der Waals surface area contributed by atoms with Gasteiger partial charge < -0.3 is 14.6 Å². The number of anilines is 1. The quantitative estimate of drug-likeness (QED) is 0.524. The number of ether oxygens (including phenoxy) is 1. The van der Waals surface area contributed by atoms with Crippen molar-refractivity contribution in [3.63, 3.8) is 0 Å². The molecule has 4 rings (SSSR count). The van der Waals surface area contributed by atoms with Crippen molar-refractivity contribution in [1.29, 1.82) is 0 Å². The van der Waals surface area contributed by atoms with Gasteiger partial charge in [-0.1, -0.05) is 60.1 Å². The van der Waals surface area contributed by atoms with Gasteiger partial charge in [0.25, 0.3) is 0 Å². The predicted octanol–water partition coefficient (Wildman–Crippen LogP) is 4.78. The molecular formula is C22H22N4O2. The van der Waals surface area contributed by atoms with Crippen LogP contribution in [0.2, 0.25) is 0 Å². The summed E-state index contributed by atoms with van der Waals surface area (Å²) in [5.41, 5.74) is 5.21. The monoisotopic (exact) mass is 374 g/mol. The fourth-order valence-corrected chi connectivity index (χ4v) is 3.09. The molecule has 2 aromatic heterocycles. The van der Waals surface area contributed by atoms with E-state index in [1.165, 1.54) is 5.56 Å². The predicted molar refractivity (Wildman–Crippen MR) is 109 cm³/mol. The third-order valence-corrected chi connectivity index (χ3v) is 4.64. The Kier molecular flexibility index (Phi) is 4.93. The molecule has 6 heteroatoms. The van der Waals surface area contributed by atoms with Crippen molar-refractivity contribution in [2.75, 3.05) is 12.4 Å². The first-order valence-corrected chi connectivity index (χ1v) is 9.28. The SMILES string of the molecule is CCc1nc(NCc2ccccc2OC)c2onc(-c3ccc(C)cc3)c2n1. The molecule has 0 bridgehead atoms. The second kappa shape index (κ2) is 7.68. The van der Waals surface area contributed by atoms with E-state index in [0.29, 0.717) is 17.9 Å². The number of aromatic nitrogens is 3. The highest BCUT2D eigenvalue weighted by Gasteiger charge is 2.18. The molecule has 0 atom stereocenters. The fourth-order valence-electron chi connectivity index (χ4n) is 3.09. The van der Waals surface area contributed by atoms with E-state index in [-0.39, 0.29) is 0 Å². The molecule has 2 aromatic carbocycles. The number of benzene rings is 2. The molecule has 0 radical (unpaired) electrons. The Morgan fingerprint density at radius 1 is 1.04 bits per heavy atom. The molecule has 0 saturated heterocycles. The van der Waals surface area contributed by atoms with Crippen molar-refractivity contribution < 1.29 is 9.26 Å². The summed E-state index contributed by atoms with van der Waals surface area (Å²) in [6, 6.07) is 16.1. The molecule has 0 unspecified atom stereocenters. The average molecular weight is 374 g/mol. The summed E-state index contributed by atoms with van der Waals surface area (Å²) in [5, 5.41) is 7.64. The van der Waals surface area contributed by atoms with E-state index in [1.54, 1.807) is 7.11 Å². The first kappa shape index (κ1) is 18.0. The van der Waals surface area contributed by atoms with Crippen molar-refractivity contribution >= 4 is 16.9 Å². The third-order valence-electron chi connectivity index (χ3n) is 4.64. The highest BCUT2D eigenvalue weighted by Crippen LogP contribution is 2.31. The highest BCUT2D eigenvalue weighted by molar-refractivity contribution is 5.93. The standard InChI is InChI=1S/C22H22N4O2/c1-4-18-24-20-19(15-11-9-14(2)10-12-15)26-28-21(20)22(25-18)23-13-16-7-5-6-8-17(16)27-3/h5-12H,4,13H2,1-3H3,(H,23,24,25). The number of hydrogen-bond donors (Lipinski definition) is 1. The Hall–Kier alpha value is -3.41. The van der Waals surface area contributed by atoms with Gasteiger partial charge in [0.2, 0.25) is 5.58 Å². The number of methoxy groups -OCH3 is 1. The number of aryl methyl sites for hydroxylation is 2. The van der Waals surface area contributed by atoms with Crippen LogP contribution >= 0.6 is 0 Å². The molecular weight excluding hydrogens is 352 g/mol. The average Bonchev–Trinajstić information content (AvgIpc) is 3.16. The molecule has 0 amide bonds.